The fourth-order valence-electron chi connectivity index (χ4n) is 2.69. The molecule has 0 unspecified atom stereocenters. The van der Waals surface area contributed by atoms with Crippen molar-refractivity contribution in [1.82, 2.24) is 15.2 Å². The minimum Gasteiger partial charge on any atom is -0.480 e. The number of methoxy groups -OCH3 is 1. The molecule has 0 saturated carbocycles. The second-order valence-electron chi connectivity index (χ2n) is 5.85. The Morgan fingerprint density at radius 3 is 2.58 bits per heavy atom. The van der Waals surface area contributed by atoms with Crippen molar-refractivity contribution in [3.05, 3.63) is 22.7 Å². The summed E-state index contributed by atoms with van der Waals surface area (Å²) in [6.45, 7) is 5.54. The molecular formula is C16H21N5O2S. The van der Waals surface area contributed by atoms with Crippen molar-refractivity contribution in [3.8, 4) is 5.88 Å². The van der Waals surface area contributed by atoms with Gasteiger partial charge >= 0.3 is 0 Å². The number of piperidine rings is 1. The van der Waals surface area contributed by atoms with Crippen molar-refractivity contribution in [2.45, 2.75) is 26.7 Å². The predicted octanol–water partition coefficient (Wildman–Crippen LogP) is 2.41. The molecule has 24 heavy (non-hydrogen) atoms. The first kappa shape index (κ1) is 16.6. The van der Waals surface area contributed by atoms with Crippen LogP contribution in [0, 0.1) is 19.8 Å². The van der Waals surface area contributed by atoms with Gasteiger partial charge in [-0.1, -0.05) is 0 Å². The molecule has 1 N–H and O–H groups in total. The predicted molar refractivity (Wildman–Crippen MR) is 93.7 cm³/mol. The SMILES string of the molecule is COc1ccc(N2CCC(C(=O)Nc3nc(C)c(C)s3)CC2)nn1. The van der Waals surface area contributed by atoms with E-state index < -0.39 is 0 Å². The Morgan fingerprint density at radius 1 is 1.29 bits per heavy atom. The molecule has 7 nitrogen and oxygen atoms in total. The standard InChI is InChI=1S/C16H21N5O2S/c1-10-11(2)24-16(17-10)18-15(22)12-6-8-21(9-7-12)13-4-5-14(23-3)20-19-13/h4-5,12H,6-9H2,1-3H3,(H,17,18,22). The van der Waals surface area contributed by atoms with Gasteiger partial charge in [-0.3, -0.25) is 4.79 Å². The van der Waals surface area contributed by atoms with Gasteiger partial charge in [0.25, 0.3) is 0 Å². The van der Waals surface area contributed by atoms with E-state index in [4.69, 9.17) is 4.74 Å². The molecule has 0 spiro atoms. The van der Waals surface area contributed by atoms with Gasteiger partial charge in [0, 0.05) is 30.0 Å². The van der Waals surface area contributed by atoms with Crippen LogP contribution in [0.4, 0.5) is 10.9 Å². The summed E-state index contributed by atoms with van der Waals surface area (Å²) in [5, 5.41) is 11.8. The molecule has 8 heteroatoms. The Labute approximate surface area is 145 Å². The topological polar surface area (TPSA) is 80.2 Å². The Morgan fingerprint density at radius 2 is 2.04 bits per heavy atom. The number of carbonyl (C=O) groups excluding carboxylic acids is 1. The van der Waals surface area contributed by atoms with Gasteiger partial charge < -0.3 is 15.0 Å². The average Bonchev–Trinajstić information content (AvgIpc) is 2.92. The third-order valence-electron chi connectivity index (χ3n) is 4.28. The van der Waals surface area contributed by atoms with Gasteiger partial charge in [-0.2, -0.15) is 0 Å². The van der Waals surface area contributed by atoms with Crippen molar-refractivity contribution in [2.75, 3.05) is 30.4 Å². The number of aromatic nitrogens is 3. The first-order valence-electron chi connectivity index (χ1n) is 7.94. The lowest BCUT2D eigenvalue weighted by molar-refractivity contribution is -0.120. The number of thiazole rings is 1. The molecule has 1 fully saturated rings. The zero-order chi connectivity index (χ0) is 17.1. The summed E-state index contributed by atoms with van der Waals surface area (Å²) in [5.41, 5.74) is 0.975. The van der Waals surface area contributed by atoms with E-state index in [0.717, 1.165) is 42.3 Å². The maximum absolute atomic E-state index is 12.4. The van der Waals surface area contributed by atoms with Crippen LogP contribution in [0.1, 0.15) is 23.4 Å². The summed E-state index contributed by atoms with van der Waals surface area (Å²) in [6, 6.07) is 3.70. The number of carbonyl (C=O) groups is 1. The first-order chi connectivity index (χ1) is 11.6. The molecular weight excluding hydrogens is 326 g/mol. The molecule has 0 bridgehead atoms. The minimum atomic E-state index is 0.0111. The van der Waals surface area contributed by atoms with Gasteiger partial charge in [0.05, 0.1) is 12.8 Å². The molecule has 3 rings (SSSR count). The number of ether oxygens (including phenoxy) is 1. The van der Waals surface area contributed by atoms with Crippen molar-refractivity contribution in [2.24, 2.45) is 5.92 Å². The lowest BCUT2D eigenvalue weighted by Gasteiger charge is -2.31. The van der Waals surface area contributed by atoms with E-state index in [2.05, 4.69) is 25.4 Å². The summed E-state index contributed by atoms with van der Waals surface area (Å²) < 4.78 is 5.02. The molecule has 3 heterocycles. The molecule has 0 radical (unpaired) electrons. The molecule has 1 saturated heterocycles. The average molecular weight is 347 g/mol. The van der Waals surface area contributed by atoms with E-state index in [1.807, 2.05) is 19.9 Å². The van der Waals surface area contributed by atoms with Gasteiger partial charge in [-0.25, -0.2) is 4.98 Å². The lowest BCUT2D eigenvalue weighted by Crippen LogP contribution is -2.38. The van der Waals surface area contributed by atoms with E-state index in [1.54, 1.807) is 13.2 Å². The van der Waals surface area contributed by atoms with E-state index in [1.165, 1.54) is 11.3 Å². The summed E-state index contributed by atoms with van der Waals surface area (Å²) in [6.07, 6.45) is 1.59. The number of amides is 1. The fourth-order valence-corrected chi connectivity index (χ4v) is 3.51. The first-order valence-corrected chi connectivity index (χ1v) is 8.76. The van der Waals surface area contributed by atoms with Gasteiger partial charge in [0.1, 0.15) is 0 Å². The van der Waals surface area contributed by atoms with E-state index in [0.29, 0.717) is 11.0 Å². The zero-order valence-electron chi connectivity index (χ0n) is 14.1. The Balaban J connectivity index is 1.54. The van der Waals surface area contributed by atoms with Gasteiger partial charge in [0.15, 0.2) is 10.9 Å². The minimum absolute atomic E-state index is 0.0111. The Bertz CT molecular complexity index is 688. The molecule has 0 aromatic carbocycles. The van der Waals surface area contributed by atoms with Crippen LogP contribution in [0.25, 0.3) is 0 Å². The summed E-state index contributed by atoms with van der Waals surface area (Å²) >= 11 is 1.52. The monoisotopic (exact) mass is 347 g/mol. The van der Waals surface area contributed by atoms with Crippen LogP contribution in [0.5, 0.6) is 5.88 Å². The van der Waals surface area contributed by atoms with Crippen molar-refractivity contribution in [3.63, 3.8) is 0 Å². The number of nitrogens with one attached hydrogen (secondary N) is 1. The van der Waals surface area contributed by atoms with Crippen LogP contribution < -0.4 is 15.0 Å². The quantitative estimate of drug-likeness (QED) is 0.915. The second kappa shape index (κ2) is 7.12. The smallest absolute Gasteiger partial charge is 0.233 e. The van der Waals surface area contributed by atoms with Crippen molar-refractivity contribution in [1.29, 1.82) is 0 Å². The van der Waals surface area contributed by atoms with Crippen LogP contribution in [0.15, 0.2) is 12.1 Å². The van der Waals surface area contributed by atoms with Gasteiger partial charge in [-0.05, 0) is 32.8 Å². The largest absolute Gasteiger partial charge is 0.480 e. The normalized spacial score (nSPS) is 15.4. The third kappa shape index (κ3) is 3.64. The lowest BCUT2D eigenvalue weighted by atomic mass is 9.96. The maximum atomic E-state index is 12.4. The summed E-state index contributed by atoms with van der Waals surface area (Å²) in [7, 11) is 1.57. The van der Waals surface area contributed by atoms with Crippen molar-refractivity contribution >= 4 is 28.2 Å². The maximum Gasteiger partial charge on any atom is 0.233 e. The molecule has 2 aromatic heterocycles. The number of rotatable bonds is 4. The van der Waals surface area contributed by atoms with Crippen LogP contribution in [0.3, 0.4) is 0 Å². The second-order valence-corrected chi connectivity index (χ2v) is 7.05. The molecule has 1 aliphatic rings. The Kier molecular flexibility index (Phi) is 4.94. The van der Waals surface area contributed by atoms with Crippen LogP contribution in [-0.4, -0.2) is 41.3 Å². The molecule has 0 aliphatic carbocycles. The molecule has 2 aromatic rings. The third-order valence-corrected chi connectivity index (χ3v) is 5.27. The van der Waals surface area contributed by atoms with E-state index >= 15 is 0 Å². The van der Waals surface area contributed by atoms with Crippen LogP contribution in [-0.2, 0) is 4.79 Å². The number of hydrogen-bond donors (Lipinski definition) is 1. The fraction of sp³-hybridized carbons (Fsp3) is 0.500. The number of anilines is 2. The van der Waals surface area contributed by atoms with Gasteiger partial charge in [-0.15, -0.1) is 21.5 Å². The highest BCUT2D eigenvalue weighted by atomic mass is 32.1. The van der Waals surface area contributed by atoms with Crippen LogP contribution in [0.2, 0.25) is 0 Å². The molecule has 0 atom stereocenters. The molecule has 1 aliphatic heterocycles. The van der Waals surface area contributed by atoms with Crippen molar-refractivity contribution < 1.29 is 9.53 Å². The molecule has 1 amide bonds. The number of aryl methyl sites for hydroxylation is 2. The zero-order valence-corrected chi connectivity index (χ0v) is 14.9. The number of nitrogens with zero attached hydrogens (tertiary/aromatic N) is 4. The van der Waals surface area contributed by atoms with Crippen LogP contribution >= 0.6 is 11.3 Å². The van der Waals surface area contributed by atoms with Gasteiger partial charge in [0.2, 0.25) is 11.8 Å². The summed E-state index contributed by atoms with van der Waals surface area (Å²) in [5.74, 6) is 1.39. The van der Waals surface area contributed by atoms with E-state index in [9.17, 15) is 4.79 Å². The summed E-state index contributed by atoms with van der Waals surface area (Å²) in [4.78, 5) is 20.1. The highest BCUT2D eigenvalue weighted by Crippen LogP contribution is 2.25. The highest BCUT2D eigenvalue weighted by Gasteiger charge is 2.26. The highest BCUT2D eigenvalue weighted by molar-refractivity contribution is 7.15. The number of hydrogen-bond acceptors (Lipinski definition) is 7. The Hall–Kier alpha value is -2.22. The van der Waals surface area contributed by atoms with E-state index in [-0.39, 0.29) is 11.8 Å². The molecule has 128 valence electrons.